The zero-order chi connectivity index (χ0) is 19.0. The van der Waals surface area contributed by atoms with Crippen LogP contribution in [-0.2, 0) is 0 Å². The van der Waals surface area contributed by atoms with Crippen LogP contribution in [-0.4, -0.2) is 10.2 Å². The summed E-state index contributed by atoms with van der Waals surface area (Å²) >= 11 is 9.14. The van der Waals surface area contributed by atoms with Crippen LogP contribution in [0.15, 0.2) is 58.6 Å². The molecule has 0 saturated heterocycles. The van der Waals surface area contributed by atoms with Gasteiger partial charge in [-0.1, -0.05) is 11.6 Å². The fourth-order valence-electron chi connectivity index (χ4n) is 2.94. The number of halogens is 1. The van der Waals surface area contributed by atoms with Crippen molar-refractivity contribution in [2.75, 3.05) is 11.1 Å². The molecule has 0 aliphatic rings. The molecule has 0 radical (unpaired) electrons. The summed E-state index contributed by atoms with van der Waals surface area (Å²) in [5.74, 6) is 0.215. The van der Waals surface area contributed by atoms with Gasteiger partial charge in [0, 0.05) is 40.2 Å². The van der Waals surface area contributed by atoms with Crippen LogP contribution in [0.2, 0.25) is 4.34 Å². The number of phenols is 2. The van der Waals surface area contributed by atoms with Gasteiger partial charge in [0.05, 0.1) is 5.69 Å². The predicted octanol–water partition coefficient (Wildman–Crippen LogP) is 6.53. The number of benzene rings is 2. The summed E-state index contributed by atoms with van der Waals surface area (Å²) in [6.07, 6.45) is 0. The maximum Gasteiger partial charge on any atom is 0.127 e. The minimum Gasteiger partial charge on any atom is -0.507 e. The van der Waals surface area contributed by atoms with Gasteiger partial charge in [0.1, 0.15) is 15.8 Å². The van der Waals surface area contributed by atoms with Crippen LogP contribution in [0.5, 0.6) is 11.5 Å². The maximum atomic E-state index is 10.5. The Kier molecular flexibility index (Phi) is 4.70. The minimum atomic E-state index is 0.0989. The van der Waals surface area contributed by atoms with E-state index in [-0.39, 0.29) is 11.5 Å². The van der Waals surface area contributed by atoms with E-state index in [0.717, 1.165) is 11.1 Å². The highest BCUT2D eigenvalue weighted by atomic mass is 35.5. The van der Waals surface area contributed by atoms with Gasteiger partial charge < -0.3 is 21.3 Å². The van der Waals surface area contributed by atoms with Gasteiger partial charge in [-0.3, -0.25) is 0 Å². The first-order chi connectivity index (χ1) is 13.0. The molecule has 0 amide bonds. The molecule has 4 rings (SSSR count). The number of hydrogen-bond acceptors (Lipinski definition) is 6. The van der Waals surface area contributed by atoms with Gasteiger partial charge in [0.2, 0.25) is 0 Å². The van der Waals surface area contributed by atoms with Gasteiger partial charge in [0.25, 0.3) is 0 Å². The zero-order valence-corrected chi connectivity index (χ0v) is 16.3. The Morgan fingerprint density at radius 3 is 2.44 bits per heavy atom. The van der Waals surface area contributed by atoms with E-state index < -0.39 is 0 Å². The van der Waals surface area contributed by atoms with Crippen molar-refractivity contribution in [2.24, 2.45) is 0 Å². The largest absolute Gasteiger partial charge is 0.507 e. The molecule has 0 spiro atoms. The summed E-state index contributed by atoms with van der Waals surface area (Å²) in [4.78, 5) is 0. The molecule has 2 heterocycles. The maximum absolute atomic E-state index is 10.5. The number of nitrogens with one attached hydrogen (secondary N) is 1. The molecule has 136 valence electrons. The Morgan fingerprint density at radius 2 is 1.78 bits per heavy atom. The summed E-state index contributed by atoms with van der Waals surface area (Å²) in [7, 11) is 0. The average Bonchev–Trinajstić information content (AvgIpc) is 3.27. The van der Waals surface area contributed by atoms with Crippen LogP contribution in [0.4, 0.5) is 17.1 Å². The third-order valence-electron chi connectivity index (χ3n) is 4.13. The predicted molar refractivity (Wildman–Crippen MR) is 116 cm³/mol. The molecule has 2 aromatic heterocycles. The summed E-state index contributed by atoms with van der Waals surface area (Å²) in [6, 6.07) is 12.4. The molecule has 0 atom stereocenters. The number of aromatic hydroxyl groups is 2. The van der Waals surface area contributed by atoms with Gasteiger partial charge in [0.15, 0.2) is 0 Å². The van der Waals surface area contributed by atoms with E-state index in [1.54, 1.807) is 23.5 Å². The average molecular weight is 415 g/mol. The zero-order valence-electron chi connectivity index (χ0n) is 13.9. The molecule has 5 N–H and O–H groups in total. The van der Waals surface area contributed by atoms with Crippen LogP contribution in [0.25, 0.3) is 22.3 Å². The van der Waals surface area contributed by atoms with Gasteiger partial charge in [-0.2, -0.15) is 11.3 Å². The van der Waals surface area contributed by atoms with Gasteiger partial charge in [-0.05, 0) is 52.0 Å². The molecule has 0 aliphatic carbocycles. The quantitative estimate of drug-likeness (QED) is 0.286. The monoisotopic (exact) mass is 414 g/mol. The standard InChI is InChI=1S/C20H15ClN2O2S2/c21-20-15(4-6-27-20)14-2-1-13(9-17(14)24)23-16-7-12(22)8-18(25)19(16)11-3-5-26-10-11/h1-10,23-25H,22H2. The highest BCUT2D eigenvalue weighted by molar-refractivity contribution is 7.15. The fraction of sp³-hybridized carbons (Fsp3) is 0. The summed E-state index contributed by atoms with van der Waals surface area (Å²) in [5.41, 5.74) is 10.7. The SMILES string of the molecule is Nc1cc(O)c(-c2ccsc2)c(Nc2ccc(-c3ccsc3Cl)c(O)c2)c1. The second-order valence-electron chi connectivity index (χ2n) is 5.94. The lowest BCUT2D eigenvalue weighted by atomic mass is 10.0. The molecule has 0 aliphatic heterocycles. The number of hydrogen-bond donors (Lipinski definition) is 4. The second kappa shape index (κ2) is 7.15. The van der Waals surface area contributed by atoms with Crippen molar-refractivity contribution in [1.29, 1.82) is 0 Å². The van der Waals surface area contributed by atoms with Crippen LogP contribution < -0.4 is 11.1 Å². The van der Waals surface area contributed by atoms with Crippen LogP contribution in [0.3, 0.4) is 0 Å². The first-order valence-corrected chi connectivity index (χ1v) is 10.2. The van der Waals surface area contributed by atoms with Gasteiger partial charge in [-0.25, -0.2) is 0 Å². The molecule has 27 heavy (non-hydrogen) atoms. The molecule has 4 nitrogen and oxygen atoms in total. The topological polar surface area (TPSA) is 78.5 Å². The van der Waals surface area contributed by atoms with E-state index in [4.69, 9.17) is 17.3 Å². The molecular formula is C20H15ClN2O2S2. The van der Waals surface area contributed by atoms with Crippen LogP contribution in [0, 0.1) is 0 Å². The normalized spacial score (nSPS) is 10.9. The lowest BCUT2D eigenvalue weighted by Gasteiger charge is -2.15. The highest BCUT2D eigenvalue weighted by Gasteiger charge is 2.14. The van der Waals surface area contributed by atoms with Crippen LogP contribution in [0.1, 0.15) is 0 Å². The van der Waals surface area contributed by atoms with E-state index in [0.29, 0.717) is 32.5 Å². The Balaban J connectivity index is 1.73. The lowest BCUT2D eigenvalue weighted by molar-refractivity contribution is 0.477. The Bertz CT molecular complexity index is 1110. The number of nitrogen functional groups attached to an aromatic ring is 1. The summed E-state index contributed by atoms with van der Waals surface area (Å²) < 4.78 is 0.631. The van der Waals surface area contributed by atoms with E-state index in [1.165, 1.54) is 17.4 Å². The van der Waals surface area contributed by atoms with Crippen LogP contribution >= 0.6 is 34.3 Å². The minimum absolute atomic E-state index is 0.0989. The molecule has 2 aromatic carbocycles. The van der Waals surface area contributed by atoms with E-state index in [1.807, 2.05) is 40.4 Å². The molecule has 0 saturated carbocycles. The Hall–Kier alpha value is -2.67. The molecule has 4 aromatic rings. The molecule has 0 fully saturated rings. The van der Waals surface area contributed by atoms with Gasteiger partial charge in [-0.15, -0.1) is 11.3 Å². The third-order valence-corrected chi connectivity index (χ3v) is 5.99. The molecule has 7 heteroatoms. The fourth-order valence-corrected chi connectivity index (χ4v) is 4.53. The smallest absolute Gasteiger partial charge is 0.127 e. The van der Waals surface area contributed by atoms with Crippen molar-refractivity contribution in [3.05, 3.63) is 62.9 Å². The van der Waals surface area contributed by atoms with E-state index >= 15 is 0 Å². The molecule has 0 unspecified atom stereocenters. The Morgan fingerprint density at radius 1 is 0.926 bits per heavy atom. The van der Waals surface area contributed by atoms with Crippen molar-refractivity contribution < 1.29 is 10.2 Å². The first kappa shape index (κ1) is 17.7. The number of anilines is 3. The number of thiophene rings is 2. The Labute approximate surface area is 169 Å². The van der Waals surface area contributed by atoms with Crippen molar-refractivity contribution in [3.63, 3.8) is 0 Å². The number of rotatable bonds is 4. The third kappa shape index (κ3) is 3.47. The molecule has 0 bridgehead atoms. The molecular weight excluding hydrogens is 400 g/mol. The van der Waals surface area contributed by atoms with E-state index in [2.05, 4.69) is 5.32 Å². The van der Waals surface area contributed by atoms with Crippen molar-refractivity contribution in [1.82, 2.24) is 0 Å². The lowest BCUT2D eigenvalue weighted by Crippen LogP contribution is -1.96. The summed E-state index contributed by atoms with van der Waals surface area (Å²) in [5, 5.41) is 29.9. The first-order valence-electron chi connectivity index (χ1n) is 8.01. The van der Waals surface area contributed by atoms with Crippen molar-refractivity contribution >= 4 is 51.3 Å². The van der Waals surface area contributed by atoms with Crippen molar-refractivity contribution in [3.8, 4) is 33.8 Å². The summed E-state index contributed by atoms with van der Waals surface area (Å²) in [6.45, 7) is 0. The highest BCUT2D eigenvalue weighted by Crippen LogP contribution is 2.42. The second-order valence-corrected chi connectivity index (χ2v) is 8.24. The van der Waals surface area contributed by atoms with E-state index in [9.17, 15) is 10.2 Å². The number of nitrogens with two attached hydrogens (primary N) is 1. The van der Waals surface area contributed by atoms with Gasteiger partial charge >= 0.3 is 0 Å². The number of phenolic OH excluding ortho intramolecular Hbond substituents is 2. The van der Waals surface area contributed by atoms with Crippen molar-refractivity contribution in [2.45, 2.75) is 0 Å².